The van der Waals surface area contributed by atoms with Crippen molar-refractivity contribution in [3.05, 3.63) is 33.1 Å². The van der Waals surface area contributed by atoms with Crippen molar-refractivity contribution in [1.29, 1.82) is 0 Å². The van der Waals surface area contributed by atoms with Crippen LogP contribution in [-0.4, -0.2) is 9.97 Å². The van der Waals surface area contributed by atoms with Crippen LogP contribution in [0.25, 0.3) is 22.1 Å². The van der Waals surface area contributed by atoms with E-state index in [4.69, 9.17) is 27.6 Å². The third-order valence-corrected chi connectivity index (χ3v) is 3.12. The third-order valence-electron chi connectivity index (χ3n) is 2.21. The number of aromatic nitrogens is 2. The van der Waals surface area contributed by atoms with Crippen LogP contribution in [0.4, 0.5) is 0 Å². The zero-order valence-electron chi connectivity index (χ0n) is 7.67. The summed E-state index contributed by atoms with van der Waals surface area (Å²) in [6, 6.07) is 5.62. The Bertz CT molecular complexity index is 711. The lowest BCUT2D eigenvalue weighted by Crippen LogP contribution is -1.83. The van der Waals surface area contributed by atoms with Gasteiger partial charge < -0.3 is 4.42 Å². The molecule has 0 amide bonds. The lowest BCUT2D eigenvalue weighted by molar-refractivity contribution is 0.666. The van der Waals surface area contributed by atoms with Crippen molar-refractivity contribution in [2.75, 3.05) is 0 Å². The first-order chi connectivity index (χ1) is 7.65. The fourth-order valence-electron chi connectivity index (χ4n) is 1.56. The van der Waals surface area contributed by atoms with E-state index >= 15 is 0 Å². The van der Waals surface area contributed by atoms with Gasteiger partial charge in [0.25, 0.3) is 0 Å². The first-order valence-electron chi connectivity index (χ1n) is 4.36. The molecular weight excluding hydrogens is 315 g/mol. The van der Waals surface area contributed by atoms with Gasteiger partial charge in [0.05, 0.1) is 0 Å². The lowest BCUT2D eigenvalue weighted by atomic mass is 10.2. The molecule has 1 aromatic carbocycles. The molecule has 16 heavy (non-hydrogen) atoms. The summed E-state index contributed by atoms with van der Waals surface area (Å²) in [4.78, 5) is 7.95. The van der Waals surface area contributed by atoms with Gasteiger partial charge in [-0.25, -0.2) is 9.97 Å². The van der Waals surface area contributed by atoms with Crippen LogP contribution < -0.4 is 0 Å². The maximum absolute atomic E-state index is 5.93. The number of rotatable bonds is 0. The van der Waals surface area contributed by atoms with Gasteiger partial charge in [0.2, 0.25) is 5.28 Å². The quantitative estimate of drug-likeness (QED) is 0.454. The topological polar surface area (TPSA) is 38.9 Å². The van der Waals surface area contributed by atoms with Crippen LogP contribution in [0.15, 0.2) is 27.1 Å². The SMILES string of the molecule is Clc1nc(Cl)c2oc3ccc(Br)cc3c2n1. The summed E-state index contributed by atoms with van der Waals surface area (Å²) < 4.78 is 6.50. The van der Waals surface area contributed by atoms with Crippen molar-refractivity contribution in [2.24, 2.45) is 0 Å². The van der Waals surface area contributed by atoms with Gasteiger partial charge in [-0.15, -0.1) is 0 Å². The standard InChI is InChI=1S/C10H3BrCl2N2O/c11-4-1-2-6-5(3-4)7-8(16-6)9(12)15-10(13)14-7/h1-3H. The Morgan fingerprint density at radius 2 is 2.00 bits per heavy atom. The van der Waals surface area contributed by atoms with Crippen LogP contribution >= 0.6 is 39.1 Å². The number of hydrogen-bond acceptors (Lipinski definition) is 3. The normalized spacial score (nSPS) is 11.4. The van der Waals surface area contributed by atoms with Gasteiger partial charge in [-0.1, -0.05) is 27.5 Å². The fraction of sp³-hybridized carbons (Fsp3) is 0. The minimum Gasteiger partial charge on any atom is -0.451 e. The first-order valence-corrected chi connectivity index (χ1v) is 5.91. The predicted molar refractivity (Wildman–Crippen MR) is 67.0 cm³/mol. The van der Waals surface area contributed by atoms with Crippen LogP contribution in [0.1, 0.15) is 0 Å². The molecule has 0 aliphatic carbocycles. The van der Waals surface area contributed by atoms with E-state index in [1.54, 1.807) is 0 Å². The highest BCUT2D eigenvalue weighted by atomic mass is 79.9. The van der Waals surface area contributed by atoms with E-state index < -0.39 is 0 Å². The Morgan fingerprint density at radius 3 is 2.81 bits per heavy atom. The molecule has 3 aromatic rings. The van der Waals surface area contributed by atoms with E-state index in [1.807, 2.05) is 18.2 Å². The molecule has 0 atom stereocenters. The molecule has 0 aliphatic rings. The van der Waals surface area contributed by atoms with Crippen LogP contribution in [0.3, 0.4) is 0 Å². The molecule has 0 fully saturated rings. The molecule has 0 bridgehead atoms. The number of benzene rings is 1. The second-order valence-electron chi connectivity index (χ2n) is 3.20. The van der Waals surface area contributed by atoms with E-state index in [2.05, 4.69) is 25.9 Å². The Labute approximate surface area is 109 Å². The van der Waals surface area contributed by atoms with E-state index in [9.17, 15) is 0 Å². The minimum atomic E-state index is 0.111. The van der Waals surface area contributed by atoms with Gasteiger partial charge in [0.15, 0.2) is 10.7 Å². The highest BCUT2D eigenvalue weighted by Gasteiger charge is 2.13. The second-order valence-corrected chi connectivity index (χ2v) is 4.82. The monoisotopic (exact) mass is 316 g/mol. The van der Waals surface area contributed by atoms with Crippen LogP contribution in [0.5, 0.6) is 0 Å². The molecule has 80 valence electrons. The van der Waals surface area contributed by atoms with Crippen molar-refractivity contribution >= 4 is 61.2 Å². The Morgan fingerprint density at radius 1 is 1.19 bits per heavy atom. The molecule has 0 saturated carbocycles. The number of furan rings is 1. The fourth-order valence-corrected chi connectivity index (χ4v) is 2.34. The number of nitrogens with zero attached hydrogens (tertiary/aromatic N) is 2. The van der Waals surface area contributed by atoms with Gasteiger partial charge in [-0.05, 0) is 29.8 Å². The molecule has 0 spiro atoms. The van der Waals surface area contributed by atoms with Gasteiger partial charge in [0, 0.05) is 9.86 Å². The zero-order valence-corrected chi connectivity index (χ0v) is 10.8. The number of halogens is 3. The third kappa shape index (κ3) is 1.49. The average Bonchev–Trinajstić information content (AvgIpc) is 2.57. The lowest BCUT2D eigenvalue weighted by Gasteiger charge is -1.92. The molecular formula is C10H3BrCl2N2O. The van der Waals surface area contributed by atoms with Crippen molar-refractivity contribution in [1.82, 2.24) is 9.97 Å². The van der Waals surface area contributed by atoms with Gasteiger partial charge in [-0.3, -0.25) is 0 Å². The molecule has 0 saturated heterocycles. The Hall–Kier alpha value is -0.840. The summed E-state index contributed by atoms with van der Waals surface area (Å²) in [7, 11) is 0. The van der Waals surface area contributed by atoms with E-state index in [0.29, 0.717) is 16.7 Å². The molecule has 6 heteroatoms. The van der Waals surface area contributed by atoms with Crippen LogP contribution in [-0.2, 0) is 0 Å². The Balaban J connectivity index is 2.57. The number of hydrogen-bond donors (Lipinski definition) is 0. The summed E-state index contributed by atoms with van der Waals surface area (Å²) in [5.74, 6) is 0. The predicted octanol–water partition coefficient (Wildman–Crippen LogP) is 4.45. The molecule has 3 nitrogen and oxygen atoms in total. The number of fused-ring (bicyclic) bond motifs is 3. The van der Waals surface area contributed by atoms with E-state index in [1.165, 1.54) is 0 Å². The molecule has 0 aliphatic heterocycles. The van der Waals surface area contributed by atoms with Gasteiger partial charge in [0.1, 0.15) is 11.1 Å². The first kappa shape index (κ1) is 10.3. The van der Waals surface area contributed by atoms with Crippen molar-refractivity contribution in [3.8, 4) is 0 Å². The largest absolute Gasteiger partial charge is 0.451 e. The average molecular weight is 318 g/mol. The van der Waals surface area contributed by atoms with Crippen molar-refractivity contribution in [3.63, 3.8) is 0 Å². The van der Waals surface area contributed by atoms with Gasteiger partial charge >= 0.3 is 0 Å². The highest BCUT2D eigenvalue weighted by molar-refractivity contribution is 9.10. The summed E-state index contributed by atoms with van der Waals surface area (Å²) >= 11 is 15.1. The molecule has 0 unspecified atom stereocenters. The molecule has 2 aromatic heterocycles. The minimum absolute atomic E-state index is 0.111. The van der Waals surface area contributed by atoms with E-state index in [0.717, 1.165) is 9.86 Å². The molecule has 3 rings (SSSR count). The summed E-state index contributed by atoms with van der Waals surface area (Å²) in [5, 5.41) is 1.19. The van der Waals surface area contributed by atoms with Crippen LogP contribution in [0, 0.1) is 0 Å². The summed E-state index contributed by atoms with van der Waals surface area (Å²) in [6.45, 7) is 0. The summed E-state index contributed by atoms with van der Waals surface area (Å²) in [6.07, 6.45) is 0. The van der Waals surface area contributed by atoms with Gasteiger partial charge in [-0.2, -0.15) is 0 Å². The Kier molecular flexibility index (Phi) is 2.31. The smallest absolute Gasteiger partial charge is 0.224 e. The van der Waals surface area contributed by atoms with Crippen LogP contribution in [0.2, 0.25) is 10.4 Å². The maximum Gasteiger partial charge on any atom is 0.224 e. The zero-order chi connectivity index (χ0) is 11.3. The highest BCUT2D eigenvalue weighted by Crippen LogP contribution is 2.33. The maximum atomic E-state index is 5.93. The summed E-state index contributed by atoms with van der Waals surface area (Å²) in [5.41, 5.74) is 1.79. The van der Waals surface area contributed by atoms with Crippen molar-refractivity contribution in [2.45, 2.75) is 0 Å². The molecule has 0 N–H and O–H groups in total. The second kappa shape index (κ2) is 3.58. The molecule has 0 radical (unpaired) electrons. The molecule has 2 heterocycles. The van der Waals surface area contributed by atoms with Crippen molar-refractivity contribution < 1.29 is 4.42 Å². The van der Waals surface area contributed by atoms with E-state index in [-0.39, 0.29) is 10.4 Å².